The van der Waals surface area contributed by atoms with E-state index in [0.717, 1.165) is 23.1 Å². The molecule has 1 aliphatic rings. The number of amides is 1. The molecule has 6 heteroatoms. The van der Waals surface area contributed by atoms with E-state index in [1.165, 1.54) is 30.2 Å². The van der Waals surface area contributed by atoms with E-state index in [2.05, 4.69) is 47.7 Å². The van der Waals surface area contributed by atoms with Crippen LogP contribution < -0.4 is 0 Å². The summed E-state index contributed by atoms with van der Waals surface area (Å²) in [7, 11) is 1.91. The normalized spacial score (nSPS) is 15.2. The molecule has 2 aromatic rings. The monoisotopic (exact) mass is 358 g/mol. The van der Waals surface area contributed by atoms with Crippen molar-refractivity contribution in [1.29, 1.82) is 0 Å². The summed E-state index contributed by atoms with van der Waals surface area (Å²) < 4.78 is 2.08. The van der Waals surface area contributed by atoms with E-state index < -0.39 is 0 Å². The number of thioether (sulfide) groups is 1. The lowest BCUT2D eigenvalue weighted by molar-refractivity contribution is -0.129. The zero-order valence-electron chi connectivity index (χ0n) is 15.4. The summed E-state index contributed by atoms with van der Waals surface area (Å²) in [4.78, 5) is 14.3. The van der Waals surface area contributed by atoms with Crippen molar-refractivity contribution in [2.24, 2.45) is 5.92 Å². The molecule has 1 unspecified atom stereocenters. The van der Waals surface area contributed by atoms with Crippen molar-refractivity contribution in [1.82, 2.24) is 19.7 Å². The Labute approximate surface area is 153 Å². The van der Waals surface area contributed by atoms with Crippen molar-refractivity contribution in [2.75, 3.05) is 12.8 Å². The molecule has 1 fully saturated rings. The number of aromatic nitrogens is 3. The summed E-state index contributed by atoms with van der Waals surface area (Å²) in [5.41, 5.74) is 2.26. The molecule has 0 N–H and O–H groups in total. The molecule has 1 aliphatic carbocycles. The van der Waals surface area contributed by atoms with Gasteiger partial charge in [-0.25, -0.2) is 0 Å². The first-order valence-corrected chi connectivity index (χ1v) is 9.88. The van der Waals surface area contributed by atoms with Gasteiger partial charge in [0, 0.05) is 25.2 Å². The lowest BCUT2D eigenvalue weighted by Gasteiger charge is -2.24. The van der Waals surface area contributed by atoms with Crippen molar-refractivity contribution >= 4 is 17.7 Å². The summed E-state index contributed by atoms with van der Waals surface area (Å²) >= 11 is 1.48. The summed E-state index contributed by atoms with van der Waals surface area (Å²) in [6.45, 7) is 7.07. The third kappa shape index (κ3) is 4.06. The molecule has 1 aromatic carbocycles. The van der Waals surface area contributed by atoms with Crippen LogP contribution in [0.15, 0.2) is 29.4 Å². The molecule has 1 saturated carbocycles. The van der Waals surface area contributed by atoms with E-state index in [-0.39, 0.29) is 5.91 Å². The van der Waals surface area contributed by atoms with Gasteiger partial charge in [0.05, 0.1) is 5.75 Å². The number of aryl methyl sites for hydroxylation is 1. The van der Waals surface area contributed by atoms with Crippen molar-refractivity contribution in [2.45, 2.75) is 51.4 Å². The fraction of sp³-hybridized carbons (Fsp3) is 0.526. The molecule has 1 aromatic heterocycles. The van der Waals surface area contributed by atoms with Gasteiger partial charge in [-0.3, -0.25) is 4.79 Å². The standard InChI is InChI=1S/C19H26N4OS/c1-5-23-18(16-8-6-7-13(2)11-16)20-21-19(23)25-12-17(24)22(4)14(3)15-9-10-15/h6-8,11,14-15H,5,9-10,12H2,1-4H3. The summed E-state index contributed by atoms with van der Waals surface area (Å²) in [6.07, 6.45) is 2.49. The largest absolute Gasteiger partial charge is 0.342 e. The van der Waals surface area contributed by atoms with Gasteiger partial charge in [-0.1, -0.05) is 35.5 Å². The lowest BCUT2D eigenvalue weighted by Crippen LogP contribution is -2.37. The van der Waals surface area contributed by atoms with Gasteiger partial charge < -0.3 is 9.47 Å². The van der Waals surface area contributed by atoms with Crippen molar-refractivity contribution in [3.05, 3.63) is 29.8 Å². The van der Waals surface area contributed by atoms with E-state index >= 15 is 0 Å². The Morgan fingerprint density at radius 2 is 2.16 bits per heavy atom. The average molecular weight is 359 g/mol. The minimum Gasteiger partial charge on any atom is -0.342 e. The Morgan fingerprint density at radius 1 is 1.40 bits per heavy atom. The van der Waals surface area contributed by atoms with E-state index in [9.17, 15) is 4.79 Å². The zero-order valence-corrected chi connectivity index (χ0v) is 16.2. The van der Waals surface area contributed by atoms with E-state index in [4.69, 9.17) is 0 Å². The van der Waals surface area contributed by atoms with Crippen molar-refractivity contribution in [3.8, 4) is 11.4 Å². The first-order chi connectivity index (χ1) is 12.0. The molecule has 1 atom stereocenters. The van der Waals surface area contributed by atoms with Gasteiger partial charge in [0.1, 0.15) is 0 Å². The van der Waals surface area contributed by atoms with Crippen LogP contribution in [0.5, 0.6) is 0 Å². The topological polar surface area (TPSA) is 51.0 Å². The second-order valence-electron chi connectivity index (χ2n) is 6.79. The molecule has 1 amide bonds. The predicted molar refractivity (Wildman–Crippen MR) is 102 cm³/mol. The highest BCUT2D eigenvalue weighted by Gasteiger charge is 2.32. The van der Waals surface area contributed by atoms with Crippen molar-refractivity contribution < 1.29 is 4.79 Å². The molecular weight excluding hydrogens is 332 g/mol. The van der Waals surface area contributed by atoms with Gasteiger partial charge in [-0.2, -0.15) is 0 Å². The molecule has 3 rings (SSSR count). The van der Waals surface area contributed by atoms with Gasteiger partial charge >= 0.3 is 0 Å². The molecule has 0 saturated heterocycles. The van der Waals surface area contributed by atoms with E-state index in [0.29, 0.717) is 17.7 Å². The Morgan fingerprint density at radius 3 is 2.80 bits per heavy atom. The SMILES string of the molecule is CCn1c(SCC(=O)N(C)C(C)C2CC2)nnc1-c1cccc(C)c1. The number of carbonyl (C=O) groups excluding carboxylic acids is 1. The molecule has 134 valence electrons. The van der Waals surface area contributed by atoms with Gasteiger partial charge in [-0.15, -0.1) is 10.2 Å². The number of nitrogens with zero attached hydrogens (tertiary/aromatic N) is 4. The number of benzene rings is 1. The summed E-state index contributed by atoms with van der Waals surface area (Å²) in [5.74, 6) is 2.11. The maximum Gasteiger partial charge on any atom is 0.233 e. The minimum atomic E-state index is 0.159. The van der Waals surface area contributed by atoms with Crippen LogP contribution in [0.25, 0.3) is 11.4 Å². The Bertz CT molecular complexity index is 754. The minimum absolute atomic E-state index is 0.159. The molecule has 0 radical (unpaired) electrons. The third-order valence-corrected chi connectivity index (χ3v) is 5.89. The van der Waals surface area contributed by atoms with E-state index in [1.807, 2.05) is 24.1 Å². The van der Waals surface area contributed by atoms with Crippen LogP contribution >= 0.6 is 11.8 Å². The van der Waals surface area contributed by atoms with Crippen LogP contribution in [0.4, 0.5) is 0 Å². The smallest absolute Gasteiger partial charge is 0.233 e. The van der Waals surface area contributed by atoms with Crippen LogP contribution in [0.2, 0.25) is 0 Å². The Kier molecular flexibility index (Phi) is 5.47. The fourth-order valence-corrected chi connectivity index (χ4v) is 3.95. The average Bonchev–Trinajstić information content (AvgIpc) is 3.38. The second kappa shape index (κ2) is 7.60. The number of hydrogen-bond donors (Lipinski definition) is 0. The van der Waals surface area contributed by atoms with Crippen LogP contribution in [0, 0.1) is 12.8 Å². The number of carbonyl (C=O) groups is 1. The van der Waals surface area contributed by atoms with Crippen LogP contribution in [0.3, 0.4) is 0 Å². The van der Waals surface area contributed by atoms with Crippen molar-refractivity contribution in [3.63, 3.8) is 0 Å². The summed E-state index contributed by atoms with van der Waals surface area (Å²) in [6, 6.07) is 8.60. The second-order valence-corrected chi connectivity index (χ2v) is 7.73. The third-order valence-electron chi connectivity index (χ3n) is 4.94. The predicted octanol–water partition coefficient (Wildman–Crippen LogP) is 3.62. The number of hydrogen-bond acceptors (Lipinski definition) is 4. The van der Waals surface area contributed by atoms with Gasteiger partial charge in [0.2, 0.25) is 5.91 Å². The quantitative estimate of drug-likeness (QED) is 0.709. The molecule has 5 nitrogen and oxygen atoms in total. The van der Waals surface area contributed by atoms with Gasteiger partial charge in [-0.05, 0) is 45.6 Å². The maximum atomic E-state index is 12.5. The summed E-state index contributed by atoms with van der Waals surface area (Å²) in [5, 5.41) is 9.49. The zero-order chi connectivity index (χ0) is 18.0. The Balaban J connectivity index is 1.69. The highest BCUT2D eigenvalue weighted by atomic mass is 32.2. The molecule has 0 spiro atoms. The van der Waals surface area contributed by atoms with Gasteiger partial charge in [0.25, 0.3) is 0 Å². The number of rotatable bonds is 7. The first kappa shape index (κ1) is 18.0. The first-order valence-electron chi connectivity index (χ1n) is 8.90. The molecule has 0 bridgehead atoms. The maximum absolute atomic E-state index is 12.5. The Hall–Kier alpha value is -1.82. The van der Waals surface area contributed by atoms with Crippen LogP contribution in [-0.4, -0.2) is 44.4 Å². The molecular formula is C19H26N4OS. The fourth-order valence-electron chi connectivity index (χ4n) is 3.03. The molecule has 1 heterocycles. The van der Waals surface area contributed by atoms with Crippen LogP contribution in [-0.2, 0) is 11.3 Å². The molecule has 25 heavy (non-hydrogen) atoms. The highest BCUT2D eigenvalue weighted by molar-refractivity contribution is 7.99. The van der Waals surface area contributed by atoms with Gasteiger partial charge in [0.15, 0.2) is 11.0 Å². The highest BCUT2D eigenvalue weighted by Crippen LogP contribution is 2.35. The van der Waals surface area contributed by atoms with E-state index in [1.54, 1.807) is 0 Å². The van der Waals surface area contributed by atoms with Crippen LogP contribution in [0.1, 0.15) is 32.3 Å². The molecule has 0 aliphatic heterocycles. The lowest BCUT2D eigenvalue weighted by atomic mass is 10.1.